The predicted octanol–water partition coefficient (Wildman–Crippen LogP) is 2.74. The summed E-state index contributed by atoms with van der Waals surface area (Å²) in [6, 6.07) is 16.8. The van der Waals surface area contributed by atoms with E-state index in [-0.39, 0.29) is 17.9 Å². The summed E-state index contributed by atoms with van der Waals surface area (Å²) in [4.78, 5) is 30.8. The van der Waals surface area contributed by atoms with Crippen molar-refractivity contribution in [1.29, 1.82) is 0 Å². The van der Waals surface area contributed by atoms with Crippen molar-refractivity contribution in [1.82, 2.24) is 10.6 Å². The lowest BCUT2D eigenvalue weighted by Gasteiger charge is -2.21. The molecule has 29 heavy (non-hydrogen) atoms. The molecule has 6 nitrogen and oxygen atoms in total. The third-order valence-corrected chi connectivity index (χ3v) is 4.69. The molecule has 0 saturated carbocycles. The molecule has 6 heteroatoms. The molecule has 0 aliphatic carbocycles. The smallest absolute Gasteiger partial charge is 0.265 e. The first-order valence-electron chi connectivity index (χ1n) is 9.87. The summed E-state index contributed by atoms with van der Waals surface area (Å²) in [5.41, 5.74) is 3.80. The van der Waals surface area contributed by atoms with Crippen molar-refractivity contribution < 1.29 is 14.4 Å². The zero-order valence-electron chi connectivity index (χ0n) is 17.0. The zero-order chi connectivity index (χ0) is 20.8. The Kier molecular flexibility index (Phi) is 6.65. The number of carbonyl (C=O) groups excluding carboxylic acids is 2. The van der Waals surface area contributed by atoms with Gasteiger partial charge in [-0.3, -0.25) is 9.59 Å². The quantitative estimate of drug-likeness (QED) is 0.759. The molecule has 2 amide bonds. The Labute approximate surface area is 171 Å². The van der Waals surface area contributed by atoms with E-state index in [4.69, 9.17) is 4.84 Å². The highest BCUT2D eigenvalue weighted by Crippen LogP contribution is 2.18. The number of aryl methyl sites for hydroxylation is 1. The molecule has 0 fully saturated rings. The molecule has 0 saturated heterocycles. The summed E-state index contributed by atoms with van der Waals surface area (Å²) >= 11 is 0. The molecule has 0 aromatic heterocycles. The van der Waals surface area contributed by atoms with Crippen LogP contribution < -0.4 is 10.6 Å². The number of carbonyl (C=O) groups is 2. The predicted molar refractivity (Wildman–Crippen MR) is 113 cm³/mol. The highest BCUT2D eigenvalue weighted by Gasteiger charge is 2.32. The van der Waals surface area contributed by atoms with Gasteiger partial charge in [0.1, 0.15) is 6.04 Å². The second-order valence-corrected chi connectivity index (χ2v) is 7.62. The van der Waals surface area contributed by atoms with Gasteiger partial charge in [-0.15, -0.1) is 0 Å². The number of benzene rings is 2. The van der Waals surface area contributed by atoms with E-state index >= 15 is 0 Å². The van der Waals surface area contributed by atoms with Crippen molar-refractivity contribution in [3.63, 3.8) is 0 Å². The van der Waals surface area contributed by atoms with Gasteiger partial charge in [0, 0.05) is 18.9 Å². The maximum Gasteiger partial charge on any atom is 0.265 e. The number of hydrogen-bond acceptors (Lipinski definition) is 4. The van der Waals surface area contributed by atoms with Gasteiger partial charge in [-0.25, -0.2) is 0 Å². The summed E-state index contributed by atoms with van der Waals surface area (Å²) in [6.07, 6.45) is 0.0406. The van der Waals surface area contributed by atoms with Crippen LogP contribution in [0.15, 0.2) is 59.8 Å². The van der Waals surface area contributed by atoms with Crippen LogP contribution in [0.5, 0.6) is 0 Å². The molecule has 1 heterocycles. The normalized spacial score (nSPS) is 16.7. The lowest BCUT2D eigenvalue weighted by Crippen LogP contribution is -2.52. The molecule has 2 atom stereocenters. The first-order valence-corrected chi connectivity index (χ1v) is 9.87. The van der Waals surface area contributed by atoms with Crippen LogP contribution in [-0.4, -0.2) is 35.7 Å². The molecule has 2 N–H and O–H groups in total. The van der Waals surface area contributed by atoms with Crippen LogP contribution in [0.1, 0.15) is 37.0 Å². The second-order valence-electron chi connectivity index (χ2n) is 7.62. The molecule has 2 aromatic rings. The first-order chi connectivity index (χ1) is 13.9. The Balaban J connectivity index is 1.65. The van der Waals surface area contributed by atoms with Crippen molar-refractivity contribution in [2.45, 2.75) is 51.8 Å². The van der Waals surface area contributed by atoms with Gasteiger partial charge in [0.15, 0.2) is 0 Å². The van der Waals surface area contributed by atoms with Crippen LogP contribution in [0.4, 0.5) is 0 Å². The molecule has 152 valence electrons. The standard InChI is InChI=1S/C23H27N3O3/c1-15(2)24-22(27)20(13-17-7-5-4-6-8-17)25-23(28)21-14-19(26-29-21)18-11-9-16(3)10-12-18/h4-12,15,20-21H,13-14H2,1-3H3,(H,24,27)(H,25,28)/t20-,21-/m0/s1. The maximum absolute atomic E-state index is 12.8. The number of oxime groups is 1. The molecule has 0 unspecified atom stereocenters. The van der Waals surface area contributed by atoms with E-state index in [0.29, 0.717) is 12.8 Å². The van der Waals surface area contributed by atoms with Gasteiger partial charge in [0.05, 0.1) is 5.71 Å². The van der Waals surface area contributed by atoms with Crippen LogP contribution in [0.3, 0.4) is 0 Å². The topological polar surface area (TPSA) is 79.8 Å². The van der Waals surface area contributed by atoms with Gasteiger partial charge in [-0.2, -0.15) is 0 Å². The minimum absolute atomic E-state index is 0.0168. The monoisotopic (exact) mass is 393 g/mol. The summed E-state index contributed by atoms with van der Waals surface area (Å²) in [7, 11) is 0. The van der Waals surface area contributed by atoms with E-state index in [1.165, 1.54) is 0 Å². The first kappa shape index (κ1) is 20.6. The summed E-state index contributed by atoms with van der Waals surface area (Å²) < 4.78 is 0. The highest BCUT2D eigenvalue weighted by atomic mass is 16.6. The number of hydrogen-bond donors (Lipinski definition) is 2. The average Bonchev–Trinajstić information content (AvgIpc) is 3.18. The molecule has 0 bridgehead atoms. The average molecular weight is 393 g/mol. The van der Waals surface area contributed by atoms with E-state index in [1.54, 1.807) is 0 Å². The lowest BCUT2D eigenvalue weighted by molar-refractivity contribution is -0.135. The maximum atomic E-state index is 12.8. The summed E-state index contributed by atoms with van der Waals surface area (Å²) in [5, 5.41) is 9.80. The molecule has 3 rings (SSSR count). The fourth-order valence-electron chi connectivity index (χ4n) is 3.14. The van der Waals surface area contributed by atoms with Crippen molar-refractivity contribution in [3.05, 3.63) is 71.3 Å². The van der Waals surface area contributed by atoms with E-state index < -0.39 is 12.1 Å². The van der Waals surface area contributed by atoms with Crippen molar-refractivity contribution >= 4 is 17.5 Å². The van der Waals surface area contributed by atoms with Crippen molar-refractivity contribution in [2.75, 3.05) is 0 Å². The Morgan fingerprint density at radius 1 is 1.07 bits per heavy atom. The van der Waals surface area contributed by atoms with E-state index in [1.807, 2.05) is 75.4 Å². The third-order valence-electron chi connectivity index (χ3n) is 4.69. The van der Waals surface area contributed by atoms with E-state index in [2.05, 4.69) is 15.8 Å². The van der Waals surface area contributed by atoms with Gasteiger partial charge in [-0.05, 0) is 31.9 Å². The minimum Gasteiger partial charge on any atom is -0.382 e. The number of rotatable bonds is 7. The van der Waals surface area contributed by atoms with Gasteiger partial charge in [-0.1, -0.05) is 65.3 Å². The number of nitrogens with one attached hydrogen (secondary N) is 2. The third kappa shape index (κ3) is 5.67. The zero-order valence-corrected chi connectivity index (χ0v) is 17.0. The van der Waals surface area contributed by atoms with Crippen LogP contribution in [0.25, 0.3) is 0 Å². The molecular weight excluding hydrogens is 366 g/mol. The Hall–Kier alpha value is -3.15. The molecule has 2 aromatic carbocycles. The van der Waals surface area contributed by atoms with Crippen LogP contribution in [0.2, 0.25) is 0 Å². The van der Waals surface area contributed by atoms with Crippen LogP contribution >= 0.6 is 0 Å². The Morgan fingerprint density at radius 3 is 2.41 bits per heavy atom. The molecule has 0 radical (unpaired) electrons. The number of nitrogens with zero attached hydrogens (tertiary/aromatic N) is 1. The summed E-state index contributed by atoms with van der Waals surface area (Å²) in [6.45, 7) is 5.80. The van der Waals surface area contributed by atoms with Gasteiger partial charge >= 0.3 is 0 Å². The Bertz CT molecular complexity index is 876. The van der Waals surface area contributed by atoms with Gasteiger partial charge < -0.3 is 15.5 Å². The fourth-order valence-corrected chi connectivity index (χ4v) is 3.14. The molecular formula is C23H27N3O3. The van der Waals surface area contributed by atoms with E-state index in [0.717, 1.165) is 22.4 Å². The number of amides is 2. The van der Waals surface area contributed by atoms with Crippen LogP contribution in [-0.2, 0) is 20.8 Å². The van der Waals surface area contributed by atoms with Gasteiger partial charge in [0.2, 0.25) is 12.0 Å². The van der Waals surface area contributed by atoms with Crippen molar-refractivity contribution in [3.8, 4) is 0 Å². The molecule has 0 spiro atoms. The van der Waals surface area contributed by atoms with E-state index in [9.17, 15) is 9.59 Å². The SMILES string of the molecule is Cc1ccc(C2=NO[C@H](C(=O)N[C@@H](Cc3ccccc3)C(=O)NC(C)C)C2)cc1. The highest BCUT2D eigenvalue weighted by molar-refractivity contribution is 6.04. The largest absolute Gasteiger partial charge is 0.382 e. The second kappa shape index (κ2) is 9.37. The Morgan fingerprint density at radius 2 is 1.76 bits per heavy atom. The van der Waals surface area contributed by atoms with Crippen LogP contribution in [0, 0.1) is 6.92 Å². The fraction of sp³-hybridized carbons (Fsp3) is 0.348. The summed E-state index contributed by atoms with van der Waals surface area (Å²) in [5.74, 6) is -0.550. The minimum atomic E-state index is -0.739. The van der Waals surface area contributed by atoms with Gasteiger partial charge in [0.25, 0.3) is 5.91 Å². The van der Waals surface area contributed by atoms with Crippen molar-refractivity contribution in [2.24, 2.45) is 5.16 Å². The molecule has 1 aliphatic rings. The molecule has 1 aliphatic heterocycles. The lowest BCUT2D eigenvalue weighted by atomic mass is 10.0.